The largest absolute Gasteiger partial charge is 0.455 e. The summed E-state index contributed by atoms with van der Waals surface area (Å²) in [6.45, 7) is 0. The van der Waals surface area contributed by atoms with Gasteiger partial charge < -0.3 is 4.42 Å². The van der Waals surface area contributed by atoms with Crippen LogP contribution in [0.5, 0.6) is 0 Å². The minimum atomic E-state index is -0.232. The molecule has 0 radical (unpaired) electrons. The van der Waals surface area contributed by atoms with Crippen molar-refractivity contribution in [1.82, 2.24) is 5.01 Å². The van der Waals surface area contributed by atoms with Gasteiger partial charge in [-0.1, -0.05) is 23.8 Å². The lowest BCUT2D eigenvalue weighted by atomic mass is 9.63. The molecule has 28 heavy (non-hydrogen) atoms. The van der Waals surface area contributed by atoms with Gasteiger partial charge in [0.2, 0.25) is 0 Å². The van der Waals surface area contributed by atoms with Gasteiger partial charge in [0.05, 0.1) is 18.1 Å². The summed E-state index contributed by atoms with van der Waals surface area (Å²) >= 11 is 5.92. The number of carbonyl (C=O) groups is 2. The SMILES string of the molecule is O=C1[C@@H]2[C@@H]3C=C[C@H]([C@H]4C[C@H]34)[C@@H]2C(=O)N1/N=C\c1ccc(-c2ccc(Cl)cc2)o1. The molecule has 6 heteroatoms. The summed E-state index contributed by atoms with van der Waals surface area (Å²) < 4.78 is 5.78. The number of furan rings is 1. The first-order chi connectivity index (χ1) is 13.6. The van der Waals surface area contributed by atoms with Crippen molar-refractivity contribution in [3.63, 3.8) is 0 Å². The third-order valence-corrected chi connectivity index (χ3v) is 6.95. The first-order valence-corrected chi connectivity index (χ1v) is 9.95. The summed E-state index contributed by atoms with van der Waals surface area (Å²) in [5.41, 5.74) is 0.894. The van der Waals surface area contributed by atoms with Gasteiger partial charge in [0.1, 0.15) is 11.5 Å². The quantitative estimate of drug-likeness (QED) is 0.451. The minimum absolute atomic E-state index is 0.166. The molecule has 0 spiro atoms. The Hall–Kier alpha value is -2.66. The fraction of sp³-hybridized carbons (Fsp3) is 0.318. The average molecular weight is 393 g/mol. The van der Waals surface area contributed by atoms with Gasteiger partial charge in [-0.25, -0.2) is 0 Å². The molecule has 2 aromatic rings. The van der Waals surface area contributed by atoms with Gasteiger partial charge in [-0.05, 0) is 66.5 Å². The van der Waals surface area contributed by atoms with Crippen molar-refractivity contribution in [2.45, 2.75) is 6.42 Å². The second-order valence-electron chi connectivity index (χ2n) is 8.10. The van der Waals surface area contributed by atoms with Crippen molar-refractivity contribution in [2.24, 2.45) is 40.6 Å². The van der Waals surface area contributed by atoms with Gasteiger partial charge in [0.15, 0.2) is 0 Å². The van der Waals surface area contributed by atoms with Gasteiger partial charge in [0, 0.05) is 10.6 Å². The summed E-state index contributed by atoms with van der Waals surface area (Å²) in [6, 6.07) is 10.9. The van der Waals surface area contributed by atoms with E-state index in [1.807, 2.05) is 18.2 Å². The van der Waals surface area contributed by atoms with Crippen LogP contribution in [0.2, 0.25) is 5.02 Å². The molecule has 5 aliphatic rings. The van der Waals surface area contributed by atoms with Gasteiger partial charge in [0.25, 0.3) is 11.8 Å². The number of hydrogen-bond acceptors (Lipinski definition) is 4. The predicted octanol–water partition coefficient (Wildman–Crippen LogP) is 3.99. The van der Waals surface area contributed by atoms with Gasteiger partial charge in [-0.15, -0.1) is 0 Å². The van der Waals surface area contributed by atoms with Gasteiger partial charge in [-0.2, -0.15) is 10.1 Å². The second kappa shape index (κ2) is 5.67. The molecule has 2 amide bonds. The molecular weight excluding hydrogens is 376 g/mol. The van der Waals surface area contributed by atoms with Crippen molar-refractivity contribution in [3.05, 3.63) is 59.3 Å². The van der Waals surface area contributed by atoms with Crippen molar-refractivity contribution >= 4 is 29.6 Å². The molecule has 1 saturated heterocycles. The normalized spacial score (nSPS) is 35.0. The van der Waals surface area contributed by atoms with Crippen LogP contribution in [-0.4, -0.2) is 23.0 Å². The zero-order chi connectivity index (χ0) is 19.0. The Labute approximate surface area is 166 Å². The number of hydrogen-bond donors (Lipinski definition) is 0. The Morgan fingerprint density at radius 1 is 0.964 bits per heavy atom. The molecule has 6 atom stereocenters. The van der Waals surface area contributed by atoms with Crippen LogP contribution >= 0.6 is 11.6 Å². The van der Waals surface area contributed by atoms with E-state index < -0.39 is 0 Å². The lowest BCUT2D eigenvalue weighted by Gasteiger charge is -2.37. The zero-order valence-electron chi connectivity index (χ0n) is 14.9. The van der Waals surface area contributed by atoms with Crippen molar-refractivity contribution < 1.29 is 14.0 Å². The highest BCUT2D eigenvalue weighted by atomic mass is 35.5. The topological polar surface area (TPSA) is 62.9 Å². The number of hydrazone groups is 1. The third-order valence-electron chi connectivity index (χ3n) is 6.70. The summed E-state index contributed by atoms with van der Waals surface area (Å²) in [4.78, 5) is 25.8. The molecule has 5 nitrogen and oxygen atoms in total. The lowest BCUT2D eigenvalue weighted by molar-refractivity contribution is -0.140. The molecule has 7 rings (SSSR count). The van der Waals surface area contributed by atoms with E-state index in [2.05, 4.69) is 17.3 Å². The molecule has 0 unspecified atom stereocenters. The Bertz CT molecular complexity index is 1020. The van der Waals surface area contributed by atoms with Gasteiger partial charge in [-0.3, -0.25) is 9.59 Å². The molecule has 1 aliphatic heterocycles. The number of benzene rings is 1. The van der Waals surface area contributed by atoms with Crippen molar-refractivity contribution in [1.29, 1.82) is 0 Å². The summed E-state index contributed by atoms with van der Waals surface area (Å²) in [6.07, 6.45) is 6.91. The summed E-state index contributed by atoms with van der Waals surface area (Å²) in [7, 11) is 0. The highest BCUT2D eigenvalue weighted by molar-refractivity contribution is 6.30. The number of halogens is 1. The van der Waals surface area contributed by atoms with E-state index in [1.165, 1.54) is 6.21 Å². The fourth-order valence-electron chi connectivity index (χ4n) is 5.36. The molecule has 1 aromatic carbocycles. The molecule has 0 N–H and O–H groups in total. The number of imide groups is 1. The molecular formula is C22H17ClN2O3. The summed E-state index contributed by atoms with van der Waals surface area (Å²) in [5, 5.41) is 5.93. The maximum absolute atomic E-state index is 12.9. The van der Waals surface area contributed by atoms with E-state index >= 15 is 0 Å². The van der Waals surface area contributed by atoms with E-state index in [1.54, 1.807) is 18.2 Å². The molecule has 2 saturated carbocycles. The average Bonchev–Trinajstić information content (AvgIpc) is 3.34. The standard InChI is InChI=1S/C22H17ClN2O3/c23-12-3-1-11(2-4-12)18-8-5-13(28-18)10-24-25-21(26)19-14-6-7-15(17-9-16(14)17)20(19)22(25)27/h1-8,10,14-17,19-20H,9H2/b24-10-/t14-,15-,16-,17-,19-,20+/m1/s1. The fourth-order valence-corrected chi connectivity index (χ4v) is 5.49. The van der Waals surface area contributed by atoms with Crippen LogP contribution in [0.1, 0.15) is 12.2 Å². The monoisotopic (exact) mass is 392 g/mol. The highest BCUT2D eigenvalue weighted by Crippen LogP contribution is 2.65. The Kier molecular flexibility index (Phi) is 3.30. The Morgan fingerprint density at radius 2 is 1.61 bits per heavy atom. The van der Waals surface area contributed by atoms with Crippen molar-refractivity contribution in [2.75, 3.05) is 0 Å². The Balaban J connectivity index is 1.24. The van der Waals surface area contributed by atoms with Crippen LogP contribution in [0, 0.1) is 35.5 Å². The van der Waals surface area contributed by atoms with Crippen LogP contribution < -0.4 is 0 Å². The van der Waals surface area contributed by atoms with Gasteiger partial charge >= 0.3 is 0 Å². The summed E-state index contributed by atoms with van der Waals surface area (Å²) in [5.74, 6) is 1.95. The number of amides is 2. The molecule has 4 aliphatic carbocycles. The first kappa shape index (κ1) is 16.3. The number of nitrogens with zero attached hydrogens (tertiary/aromatic N) is 2. The molecule has 140 valence electrons. The van der Waals surface area contributed by atoms with Crippen LogP contribution in [0.25, 0.3) is 11.3 Å². The maximum Gasteiger partial charge on any atom is 0.254 e. The lowest BCUT2D eigenvalue weighted by Crippen LogP contribution is -2.40. The molecule has 1 aromatic heterocycles. The highest BCUT2D eigenvalue weighted by Gasteiger charge is 2.67. The number of carbonyl (C=O) groups excluding carboxylic acids is 2. The van der Waals surface area contributed by atoms with Crippen LogP contribution in [0.4, 0.5) is 0 Å². The van der Waals surface area contributed by atoms with Crippen molar-refractivity contribution in [3.8, 4) is 11.3 Å². The van der Waals surface area contributed by atoms with E-state index in [0.29, 0.717) is 28.4 Å². The predicted molar refractivity (Wildman–Crippen MR) is 103 cm³/mol. The number of allylic oxidation sites excluding steroid dienone is 2. The maximum atomic E-state index is 12.9. The van der Waals surface area contributed by atoms with E-state index in [4.69, 9.17) is 16.0 Å². The number of rotatable bonds is 3. The zero-order valence-corrected chi connectivity index (χ0v) is 15.6. The Morgan fingerprint density at radius 3 is 2.25 bits per heavy atom. The van der Waals surface area contributed by atoms with Crippen LogP contribution in [-0.2, 0) is 9.59 Å². The second-order valence-corrected chi connectivity index (χ2v) is 8.53. The molecule has 3 fully saturated rings. The van der Waals surface area contributed by atoms with Crippen LogP contribution in [0.15, 0.2) is 58.1 Å². The first-order valence-electron chi connectivity index (χ1n) is 9.58. The molecule has 2 heterocycles. The third kappa shape index (κ3) is 2.23. The van der Waals surface area contributed by atoms with E-state index in [-0.39, 0.29) is 35.5 Å². The molecule has 2 bridgehead atoms. The smallest absolute Gasteiger partial charge is 0.254 e. The minimum Gasteiger partial charge on any atom is -0.455 e. The van der Waals surface area contributed by atoms with E-state index in [9.17, 15) is 9.59 Å². The van der Waals surface area contributed by atoms with E-state index in [0.717, 1.165) is 17.0 Å². The van der Waals surface area contributed by atoms with Crippen LogP contribution in [0.3, 0.4) is 0 Å².